The van der Waals surface area contributed by atoms with E-state index in [2.05, 4.69) is 16.3 Å². The Balaban J connectivity index is 0.00000144. The second-order valence-electron chi connectivity index (χ2n) is 6.04. The molecule has 1 N–H and O–H groups in total. The van der Waals surface area contributed by atoms with E-state index in [1.807, 2.05) is 23.1 Å². The lowest BCUT2D eigenvalue weighted by Crippen LogP contribution is -2.49. The van der Waals surface area contributed by atoms with E-state index >= 15 is 0 Å². The Morgan fingerprint density at radius 1 is 1.21 bits per heavy atom. The third-order valence-corrected chi connectivity index (χ3v) is 4.64. The van der Waals surface area contributed by atoms with Crippen LogP contribution in [0, 0.1) is 0 Å². The average molecular weight is 376 g/mol. The summed E-state index contributed by atoms with van der Waals surface area (Å²) in [6, 6.07) is 8.47. The minimum Gasteiger partial charge on any atom is -0.495 e. The molecule has 0 spiro atoms. The first kappa shape index (κ1) is 20.9. The van der Waals surface area contributed by atoms with Gasteiger partial charge in [-0.1, -0.05) is 12.1 Å². The molecule has 7 heteroatoms. The summed E-state index contributed by atoms with van der Waals surface area (Å²) < 4.78 is 5.43. The standard InChI is InChI=1S/C17H25N3O2.2ClH/c1-22-16-7-3-2-6-15(16)19-9-11-20(12-10-19)17(21)13-14-5-4-8-18-14;;/h2-3,6-7,14,18H,4-5,8-13H2,1H3;2*1H. The summed E-state index contributed by atoms with van der Waals surface area (Å²) in [6.45, 7) is 4.38. The summed E-state index contributed by atoms with van der Waals surface area (Å²) in [6.07, 6.45) is 2.97. The van der Waals surface area contributed by atoms with Crippen LogP contribution in [0.2, 0.25) is 0 Å². The van der Waals surface area contributed by atoms with Crippen LogP contribution in [0.5, 0.6) is 5.75 Å². The van der Waals surface area contributed by atoms with E-state index in [0.717, 1.165) is 50.6 Å². The lowest BCUT2D eigenvalue weighted by Gasteiger charge is -2.37. The van der Waals surface area contributed by atoms with Gasteiger partial charge in [-0.15, -0.1) is 24.8 Å². The average Bonchev–Trinajstić information content (AvgIpc) is 3.08. The largest absolute Gasteiger partial charge is 0.495 e. The quantitative estimate of drug-likeness (QED) is 0.876. The summed E-state index contributed by atoms with van der Waals surface area (Å²) in [5.41, 5.74) is 1.12. The van der Waals surface area contributed by atoms with E-state index in [9.17, 15) is 4.79 Å². The predicted octanol–water partition coefficient (Wildman–Crippen LogP) is 2.33. The number of amides is 1. The maximum Gasteiger partial charge on any atom is 0.224 e. The number of piperazine rings is 1. The summed E-state index contributed by atoms with van der Waals surface area (Å²) in [4.78, 5) is 16.7. The molecule has 2 aliphatic heterocycles. The van der Waals surface area contributed by atoms with Crippen molar-refractivity contribution in [1.82, 2.24) is 10.2 Å². The lowest BCUT2D eigenvalue weighted by molar-refractivity contribution is -0.131. The number of carbonyl (C=O) groups excluding carboxylic acids is 1. The number of halogens is 2. The molecule has 1 atom stereocenters. The fraction of sp³-hybridized carbons (Fsp3) is 0.588. The van der Waals surface area contributed by atoms with Gasteiger partial charge < -0.3 is 19.9 Å². The van der Waals surface area contributed by atoms with Crippen LogP contribution >= 0.6 is 24.8 Å². The first-order valence-electron chi connectivity index (χ1n) is 8.17. The zero-order valence-corrected chi connectivity index (χ0v) is 15.7. The highest BCUT2D eigenvalue weighted by atomic mass is 35.5. The monoisotopic (exact) mass is 375 g/mol. The molecule has 3 rings (SSSR count). The second-order valence-corrected chi connectivity index (χ2v) is 6.04. The molecule has 0 saturated carbocycles. The van der Waals surface area contributed by atoms with Crippen LogP contribution in [0.4, 0.5) is 5.69 Å². The number of anilines is 1. The Bertz CT molecular complexity index is 516. The smallest absolute Gasteiger partial charge is 0.224 e. The van der Waals surface area contributed by atoms with Gasteiger partial charge in [0.25, 0.3) is 0 Å². The van der Waals surface area contributed by atoms with Crippen molar-refractivity contribution < 1.29 is 9.53 Å². The van der Waals surface area contributed by atoms with Crippen molar-refractivity contribution in [3.8, 4) is 5.75 Å². The second kappa shape index (κ2) is 9.97. The number of nitrogens with one attached hydrogen (secondary N) is 1. The van der Waals surface area contributed by atoms with Crippen molar-refractivity contribution in [2.75, 3.05) is 44.7 Å². The minimum absolute atomic E-state index is 0. The summed E-state index contributed by atoms with van der Waals surface area (Å²) >= 11 is 0. The zero-order valence-electron chi connectivity index (χ0n) is 14.1. The van der Waals surface area contributed by atoms with Crippen LogP contribution in [-0.4, -0.2) is 56.7 Å². The van der Waals surface area contributed by atoms with Crippen LogP contribution in [-0.2, 0) is 4.79 Å². The molecule has 1 aromatic rings. The SMILES string of the molecule is COc1ccccc1N1CCN(C(=O)CC2CCCN2)CC1.Cl.Cl. The molecule has 0 aromatic heterocycles. The number of methoxy groups -OCH3 is 1. The molecule has 2 aliphatic rings. The number of hydrogen-bond acceptors (Lipinski definition) is 4. The molecule has 0 bridgehead atoms. The Kier molecular flexibility index (Phi) is 8.67. The Morgan fingerprint density at radius 3 is 2.54 bits per heavy atom. The maximum absolute atomic E-state index is 12.4. The van der Waals surface area contributed by atoms with Gasteiger partial charge in [-0.2, -0.15) is 0 Å². The maximum atomic E-state index is 12.4. The Hall–Kier alpha value is -1.17. The van der Waals surface area contributed by atoms with Gasteiger partial charge in [-0.25, -0.2) is 0 Å². The van der Waals surface area contributed by atoms with Gasteiger partial charge in [0.05, 0.1) is 12.8 Å². The molecule has 1 amide bonds. The van der Waals surface area contributed by atoms with Crippen molar-refractivity contribution in [2.24, 2.45) is 0 Å². The highest BCUT2D eigenvalue weighted by Gasteiger charge is 2.25. The molecule has 1 aromatic carbocycles. The van der Waals surface area contributed by atoms with Crippen LogP contribution in [0.3, 0.4) is 0 Å². The summed E-state index contributed by atoms with van der Waals surface area (Å²) in [7, 11) is 1.70. The van der Waals surface area contributed by atoms with Gasteiger partial charge in [0.1, 0.15) is 5.75 Å². The number of hydrogen-bond donors (Lipinski definition) is 1. The molecule has 5 nitrogen and oxygen atoms in total. The summed E-state index contributed by atoms with van der Waals surface area (Å²) in [5.74, 6) is 1.19. The lowest BCUT2D eigenvalue weighted by atomic mass is 10.1. The summed E-state index contributed by atoms with van der Waals surface area (Å²) in [5, 5.41) is 3.40. The molecule has 0 radical (unpaired) electrons. The number of rotatable bonds is 4. The third kappa shape index (κ3) is 4.91. The molecular formula is C17H27Cl2N3O2. The number of ether oxygens (including phenoxy) is 1. The van der Waals surface area contributed by atoms with Crippen molar-refractivity contribution in [3.05, 3.63) is 24.3 Å². The van der Waals surface area contributed by atoms with E-state index in [4.69, 9.17) is 4.74 Å². The van der Waals surface area contributed by atoms with Gasteiger partial charge >= 0.3 is 0 Å². The highest BCUT2D eigenvalue weighted by molar-refractivity contribution is 5.85. The van der Waals surface area contributed by atoms with Crippen molar-refractivity contribution in [3.63, 3.8) is 0 Å². The van der Waals surface area contributed by atoms with Gasteiger partial charge in [-0.05, 0) is 31.5 Å². The van der Waals surface area contributed by atoms with Crippen molar-refractivity contribution >= 4 is 36.4 Å². The molecule has 2 saturated heterocycles. The number of benzene rings is 1. The number of para-hydroxylation sites is 2. The predicted molar refractivity (Wildman–Crippen MR) is 102 cm³/mol. The normalized spacial score (nSPS) is 20.1. The number of carbonyl (C=O) groups is 1. The first-order valence-corrected chi connectivity index (χ1v) is 8.17. The molecule has 24 heavy (non-hydrogen) atoms. The van der Waals surface area contributed by atoms with E-state index in [1.165, 1.54) is 6.42 Å². The number of nitrogens with zero attached hydrogens (tertiary/aromatic N) is 2. The van der Waals surface area contributed by atoms with Crippen LogP contribution in [0.1, 0.15) is 19.3 Å². The van der Waals surface area contributed by atoms with E-state index in [-0.39, 0.29) is 24.8 Å². The third-order valence-electron chi connectivity index (χ3n) is 4.64. The molecule has 2 heterocycles. The molecule has 136 valence electrons. The van der Waals surface area contributed by atoms with E-state index in [0.29, 0.717) is 18.4 Å². The first-order chi connectivity index (χ1) is 10.8. The highest BCUT2D eigenvalue weighted by Crippen LogP contribution is 2.28. The van der Waals surface area contributed by atoms with Crippen molar-refractivity contribution in [1.29, 1.82) is 0 Å². The topological polar surface area (TPSA) is 44.8 Å². The fourth-order valence-corrected chi connectivity index (χ4v) is 3.36. The Morgan fingerprint density at radius 2 is 1.92 bits per heavy atom. The van der Waals surface area contributed by atoms with Gasteiger partial charge in [0, 0.05) is 38.6 Å². The van der Waals surface area contributed by atoms with E-state index in [1.54, 1.807) is 7.11 Å². The van der Waals surface area contributed by atoms with Gasteiger partial charge in [-0.3, -0.25) is 4.79 Å². The van der Waals surface area contributed by atoms with Gasteiger partial charge in [0.15, 0.2) is 0 Å². The van der Waals surface area contributed by atoms with E-state index < -0.39 is 0 Å². The van der Waals surface area contributed by atoms with Crippen molar-refractivity contribution in [2.45, 2.75) is 25.3 Å². The molecule has 0 aliphatic carbocycles. The van der Waals surface area contributed by atoms with Gasteiger partial charge in [0.2, 0.25) is 5.91 Å². The van der Waals surface area contributed by atoms with Crippen LogP contribution < -0.4 is 15.0 Å². The Labute approximate surface area is 156 Å². The minimum atomic E-state index is 0. The molecule has 2 fully saturated rings. The molecule has 1 unspecified atom stereocenters. The van der Waals surface area contributed by atoms with Crippen LogP contribution in [0.25, 0.3) is 0 Å². The zero-order chi connectivity index (χ0) is 15.4. The van der Waals surface area contributed by atoms with Crippen LogP contribution in [0.15, 0.2) is 24.3 Å². The fourth-order valence-electron chi connectivity index (χ4n) is 3.36. The molecular weight excluding hydrogens is 349 g/mol.